The molecule has 0 bridgehead atoms. The molecule has 0 aliphatic heterocycles. The van der Waals surface area contributed by atoms with Gasteiger partial charge in [-0.3, -0.25) is 4.79 Å². The van der Waals surface area contributed by atoms with Gasteiger partial charge >= 0.3 is 0 Å². The number of amides is 1. The predicted molar refractivity (Wildman–Crippen MR) is 146 cm³/mol. The first-order chi connectivity index (χ1) is 18.5. The Morgan fingerprint density at radius 3 is 2.42 bits per heavy atom. The van der Waals surface area contributed by atoms with Crippen molar-refractivity contribution < 1.29 is 28.8 Å². The lowest BCUT2D eigenvalue weighted by Gasteiger charge is -2.16. The molecule has 0 saturated carbocycles. The predicted octanol–water partition coefficient (Wildman–Crippen LogP) is 4.43. The molecule has 0 aliphatic rings. The summed E-state index contributed by atoms with van der Waals surface area (Å²) in [7, 11) is 4.72. The van der Waals surface area contributed by atoms with Gasteiger partial charge in [0.05, 0.1) is 34.0 Å². The molecule has 0 unspecified atom stereocenters. The second-order valence-electron chi connectivity index (χ2n) is 8.98. The number of fused-ring (bicyclic) bond motifs is 1. The zero-order chi connectivity index (χ0) is 26.9. The zero-order valence-corrected chi connectivity index (χ0v) is 22.0. The number of carbonyl (C=O) groups excluding carboxylic acids is 1. The van der Waals surface area contributed by atoms with Crippen LogP contribution in [0.2, 0.25) is 0 Å². The first kappa shape index (κ1) is 26.9. The Balaban J connectivity index is 1.31. The van der Waals surface area contributed by atoms with Gasteiger partial charge in [0, 0.05) is 23.5 Å². The highest BCUT2D eigenvalue weighted by atomic mass is 16.5. The Bertz CT molecular complexity index is 1340. The van der Waals surface area contributed by atoms with E-state index < -0.39 is 0 Å². The fourth-order valence-corrected chi connectivity index (χ4v) is 4.46. The fourth-order valence-electron chi connectivity index (χ4n) is 4.46. The third-order valence-electron chi connectivity index (χ3n) is 6.40. The monoisotopic (exact) mass is 518 g/mol. The minimum absolute atomic E-state index is 0.104. The molecule has 1 amide bonds. The van der Waals surface area contributed by atoms with E-state index in [0.717, 1.165) is 27.6 Å². The molecule has 1 atom stereocenters. The number of aliphatic hydroxyl groups is 1. The topological polar surface area (TPSA) is 102 Å². The van der Waals surface area contributed by atoms with Crippen LogP contribution in [-0.4, -0.2) is 50.0 Å². The number of carbonyl (C=O) groups is 1. The molecule has 1 aromatic heterocycles. The number of H-pyrrole nitrogens is 1. The highest BCUT2D eigenvalue weighted by molar-refractivity contribution is 5.83. The quantitative estimate of drug-likeness (QED) is 0.242. The second-order valence-corrected chi connectivity index (χ2v) is 8.98. The highest BCUT2D eigenvalue weighted by Gasteiger charge is 2.16. The summed E-state index contributed by atoms with van der Waals surface area (Å²) in [4.78, 5) is 15.9. The van der Waals surface area contributed by atoms with E-state index in [-0.39, 0.29) is 18.6 Å². The van der Waals surface area contributed by atoms with Crippen molar-refractivity contribution in [1.29, 1.82) is 0 Å². The lowest BCUT2D eigenvalue weighted by molar-refractivity contribution is -0.122. The number of rotatable bonds is 13. The van der Waals surface area contributed by atoms with Crippen LogP contribution < -0.4 is 24.3 Å². The number of aromatic amines is 1. The van der Waals surface area contributed by atoms with E-state index in [9.17, 15) is 9.90 Å². The fraction of sp³-hybridized carbons (Fsp3) is 0.300. The van der Waals surface area contributed by atoms with Crippen molar-refractivity contribution in [3.8, 4) is 23.0 Å². The van der Waals surface area contributed by atoms with Gasteiger partial charge in [0.1, 0.15) is 12.4 Å². The number of aromatic nitrogens is 1. The van der Waals surface area contributed by atoms with Crippen molar-refractivity contribution in [2.75, 3.05) is 27.9 Å². The van der Waals surface area contributed by atoms with Crippen LogP contribution in [0, 0.1) is 0 Å². The van der Waals surface area contributed by atoms with E-state index in [1.807, 2.05) is 66.9 Å². The van der Waals surface area contributed by atoms with Gasteiger partial charge in [0.2, 0.25) is 11.7 Å². The minimum atomic E-state index is -0.352. The van der Waals surface area contributed by atoms with Gasteiger partial charge in [0.25, 0.3) is 0 Å². The number of nitrogens with one attached hydrogen (secondary N) is 2. The molecule has 4 aromatic rings. The second kappa shape index (κ2) is 12.9. The number of aryl methyl sites for hydroxylation is 1. The molecular formula is C30H34N2O6. The van der Waals surface area contributed by atoms with Crippen molar-refractivity contribution in [3.63, 3.8) is 0 Å². The van der Waals surface area contributed by atoms with Gasteiger partial charge < -0.3 is 34.4 Å². The van der Waals surface area contributed by atoms with Gasteiger partial charge in [-0.1, -0.05) is 30.3 Å². The third-order valence-corrected chi connectivity index (χ3v) is 6.40. The molecular weight excluding hydrogens is 484 g/mol. The van der Waals surface area contributed by atoms with Crippen LogP contribution >= 0.6 is 0 Å². The van der Waals surface area contributed by atoms with Crippen LogP contribution in [0.3, 0.4) is 0 Å². The highest BCUT2D eigenvalue weighted by Crippen LogP contribution is 2.38. The summed E-state index contributed by atoms with van der Waals surface area (Å²) in [6.07, 6.45) is 3.35. The van der Waals surface area contributed by atoms with Gasteiger partial charge in [0.15, 0.2) is 11.5 Å². The Labute approximate surface area is 222 Å². The molecule has 1 heterocycles. The molecule has 4 rings (SSSR count). The maximum atomic E-state index is 12.7. The van der Waals surface area contributed by atoms with Crippen LogP contribution in [0.5, 0.6) is 23.0 Å². The van der Waals surface area contributed by atoms with Crippen LogP contribution in [0.1, 0.15) is 23.1 Å². The molecule has 3 N–H and O–H groups in total. The first-order valence-corrected chi connectivity index (χ1v) is 12.5. The van der Waals surface area contributed by atoms with Crippen molar-refractivity contribution in [2.45, 2.75) is 31.9 Å². The van der Waals surface area contributed by atoms with Crippen molar-refractivity contribution in [3.05, 3.63) is 83.6 Å². The SMILES string of the molecule is COc1cc(COc2cccc(CCC(=O)N[C@@H](CO)Cc3c[nH]c4ccccc34)c2)cc(OC)c1OC. The Morgan fingerprint density at radius 2 is 1.71 bits per heavy atom. The lowest BCUT2D eigenvalue weighted by Crippen LogP contribution is -2.39. The maximum absolute atomic E-state index is 12.7. The molecule has 0 spiro atoms. The van der Waals surface area contributed by atoms with Gasteiger partial charge in [-0.25, -0.2) is 0 Å². The summed E-state index contributed by atoms with van der Waals surface area (Å²) < 4.78 is 22.2. The van der Waals surface area contributed by atoms with Gasteiger partial charge in [-0.2, -0.15) is 0 Å². The molecule has 0 fully saturated rings. The summed E-state index contributed by atoms with van der Waals surface area (Å²) in [5.74, 6) is 2.26. The van der Waals surface area contributed by atoms with Crippen LogP contribution in [0.25, 0.3) is 10.9 Å². The number of aliphatic hydroxyl groups excluding tert-OH is 1. The summed E-state index contributed by atoms with van der Waals surface area (Å²) in [6, 6.07) is 19.0. The number of hydrogen-bond acceptors (Lipinski definition) is 6. The molecule has 3 aromatic carbocycles. The van der Waals surface area contributed by atoms with Crippen molar-refractivity contribution in [1.82, 2.24) is 10.3 Å². The largest absolute Gasteiger partial charge is 0.493 e. The molecule has 8 heteroatoms. The van der Waals surface area contributed by atoms with E-state index in [1.54, 1.807) is 21.3 Å². The van der Waals surface area contributed by atoms with Gasteiger partial charge in [-0.05, 0) is 59.9 Å². The van der Waals surface area contributed by atoms with Crippen molar-refractivity contribution in [2.24, 2.45) is 0 Å². The average molecular weight is 519 g/mol. The number of ether oxygens (including phenoxy) is 4. The molecule has 0 radical (unpaired) electrons. The third kappa shape index (κ3) is 6.58. The Morgan fingerprint density at radius 1 is 0.947 bits per heavy atom. The first-order valence-electron chi connectivity index (χ1n) is 12.5. The van der Waals surface area contributed by atoms with Gasteiger partial charge in [-0.15, -0.1) is 0 Å². The number of methoxy groups -OCH3 is 3. The Kier molecular flexibility index (Phi) is 9.11. The number of hydrogen-bond donors (Lipinski definition) is 3. The summed E-state index contributed by atoms with van der Waals surface area (Å²) in [6.45, 7) is 0.183. The van der Waals surface area contributed by atoms with E-state index in [2.05, 4.69) is 10.3 Å². The molecule has 0 saturated heterocycles. The minimum Gasteiger partial charge on any atom is -0.493 e. The van der Waals surface area contributed by atoms with E-state index in [4.69, 9.17) is 18.9 Å². The molecule has 38 heavy (non-hydrogen) atoms. The van der Waals surface area contributed by atoms with E-state index in [0.29, 0.717) is 48.9 Å². The normalized spacial score (nSPS) is 11.7. The summed E-state index contributed by atoms with van der Waals surface area (Å²) in [5.41, 5.74) is 3.96. The van der Waals surface area contributed by atoms with Crippen LogP contribution in [-0.2, 0) is 24.2 Å². The Hall–Kier alpha value is -4.17. The van der Waals surface area contributed by atoms with Crippen LogP contribution in [0.4, 0.5) is 0 Å². The average Bonchev–Trinajstić information content (AvgIpc) is 3.36. The summed E-state index contributed by atoms with van der Waals surface area (Å²) >= 11 is 0. The zero-order valence-electron chi connectivity index (χ0n) is 22.0. The van der Waals surface area contributed by atoms with Crippen molar-refractivity contribution >= 4 is 16.8 Å². The number of para-hydroxylation sites is 1. The lowest BCUT2D eigenvalue weighted by atomic mass is 10.0. The number of benzene rings is 3. The molecule has 0 aliphatic carbocycles. The van der Waals surface area contributed by atoms with E-state index >= 15 is 0 Å². The van der Waals surface area contributed by atoms with Crippen LogP contribution in [0.15, 0.2) is 66.9 Å². The molecule has 8 nitrogen and oxygen atoms in total. The maximum Gasteiger partial charge on any atom is 0.220 e. The smallest absolute Gasteiger partial charge is 0.220 e. The summed E-state index contributed by atoms with van der Waals surface area (Å²) in [5, 5.41) is 13.9. The molecule has 200 valence electrons. The van der Waals surface area contributed by atoms with E-state index in [1.165, 1.54) is 0 Å². The standard InChI is InChI=1S/C30H34N2O6/c1-35-27-14-21(15-28(36-2)30(27)37-3)19-38-24-8-6-7-20(13-24)11-12-29(34)32-23(18-33)16-22-17-31-26-10-5-4-9-25(22)26/h4-10,13-15,17,23,31,33H,11-12,16,18-19H2,1-3H3,(H,32,34)/t23-/m1/s1.